The van der Waals surface area contributed by atoms with Crippen molar-refractivity contribution in [2.24, 2.45) is 0 Å². The van der Waals surface area contributed by atoms with Gasteiger partial charge in [0.25, 0.3) is 0 Å². The fourth-order valence-electron chi connectivity index (χ4n) is 1.34. The fraction of sp³-hybridized carbons (Fsp3) is 0.0909. The van der Waals surface area contributed by atoms with E-state index in [1.54, 1.807) is 0 Å². The molecule has 3 heteroatoms. The minimum Gasteiger partial charge on any atom is -0.399 e. The molecule has 14 heavy (non-hydrogen) atoms. The van der Waals surface area contributed by atoms with E-state index in [4.69, 9.17) is 5.73 Å². The molecule has 0 amide bonds. The molecule has 0 spiro atoms. The summed E-state index contributed by atoms with van der Waals surface area (Å²) in [5.74, 6) is 0. The summed E-state index contributed by atoms with van der Waals surface area (Å²) >= 11 is 0. The van der Waals surface area contributed by atoms with Gasteiger partial charge in [-0.05, 0) is 23.8 Å². The Morgan fingerprint density at radius 1 is 1.29 bits per heavy atom. The Balaban J connectivity index is 1.98. The van der Waals surface area contributed by atoms with Gasteiger partial charge in [-0.1, -0.05) is 12.1 Å². The number of nitrogens with one attached hydrogen (secondary N) is 2. The maximum Gasteiger partial charge on any atom is 0.0520 e. The normalized spacial score (nSPS) is 10.0. The number of aromatic nitrogens is 1. The summed E-state index contributed by atoms with van der Waals surface area (Å²) in [6.07, 6.45) is 3.81. The van der Waals surface area contributed by atoms with Crippen molar-refractivity contribution in [3.63, 3.8) is 0 Å². The van der Waals surface area contributed by atoms with Gasteiger partial charge in [-0.3, -0.25) is 0 Å². The lowest BCUT2D eigenvalue weighted by molar-refractivity contribution is 1.15. The molecule has 4 N–H and O–H groups in total. The number of rotatable bonds is 3. The quantitative estimate of drug-likeness (QED) is 0.645. The van der Waals surface area contributed by atoms with Gasteiger partial charge in [-0.2, -0.15) is 0 Å². The molecule has 1 aromatic heterocycles. The SMILES string of the molecule is Nc1cccc(CNc2cc[nH]c2)c1. The second-order valence-corrected chi connectivity index (χ2v) is 3.20. The van der Waals surface area contributed by atoms with E-state index >= 15 is 0 Å². The van der Waals surface area contributed by atoms with Gasteiger partial charge in [0.15, 0.2) is 0 Å². The van der Waals surface area contributed by atoms with E-state index in [1.165, 1.54) is 5.56 Å². The zero-order valence-corrected chi connectivity index (χ0v) is 7.83. The molecule has 0 aliphatic heterocycles. The smallest absolute Gasteiger partial charge is 0.0520 e. The number of nitrogens with two attached hydrogens (primary N) is 1. The van der Waals surface area contributed by atoms with E-state index in [9.17, 15) is 0 Å². The first-order valence-electron chi connectivity index (χ1n) is 4.56. The molecule has 2 rings (SSSR count). The molecule has 0 saturated carbocycles. The van der Waals surface area contributed by atoms with Crippen LogP contribution in [0.3, 0.4) is 0 Å². The van der Waals surface area contributed by atoms with E-state index in [0.717, 1.165) is 17.9 Å². The predicted octanol–water partition coefficient (Wildman–Crippen LogP) is 2.21. The van der Waals surface area contributed by atoms with Crippen molar-refractivity contribution in [2.75, 3.05) is 11.1 Å². The third kappa shape index (κ3) is 2.07. The standard InChI is InChI=1S/C11H13N3/c12-10-3-1-2-9(6-10)7-14-11-4-5-13-8-11/h1-6,8,13-14H,7,12H2. The van der Waals surface area contributed by atoms with Crippen LogP contribution in [0.4, 0.5) is 11.4 Å². The van der Waals surface area contributed by atoms with E-state index < -0.39 is 0 Å². The maximum atomic E-state index is 5.67. The highest BCUT2D eigenvalue weighted by Gasteiger charge is 1.94. The molecule has 3 nitrogen and oxygen atoms in total. The molecular formula is C11H13N3. The molecule has 0 atom stereocenters. The van der Waals surface area contributed by atoms with Crippen LogP contribution in [0.15, 0.2) is 42.7 Å². The van der Waals surface area contributed by atoms with Crippen LogP contribution in [0, 0.1) is 0 Å². The Hall–Kier alpha value is -1.90. The third-order valence-corrected chi connectivity index (χ3v) is 2.05. The number of anilines is 2. The number of benzene rings is 1. The van der Waals surface area contributed by atoms with E-state index in [2.05, 4.69) is 16.4 Å². The second-order valence-electron chi connectivity index (χ2n) is 3.20. The van der Waals surface area contributed by atoms with Crippen molar-refractivity contribution in [3.8, 4) is 0 Å². The van der Waals surface area contributed by atoms with Gasteiger partial charge in [0.1, 0.15) is 0 Å². The summed E-state index contributed by atoms with van der Waals surface area (Å²) in [6.45, 7) is 0.795. The summed E-state index contributed by atoms with van der Waals surface area (Å²) in [6, 6.07) is 9.87. The average molecular weight is 187 g/mol. The van der Waals surface area contributed by atoms with Crippen molar-refractivity contribution in [2.45, 2.75) is 6.54 Å². The highest BCUT2D eigenvalue weighted by atomic mass is 14.9. The minimum atomic E-state index is 0.795. The Labute approximate surface area is 83.0 Å². The van der Waals surface area contributed by atoms with Gasteiger partial charge in [-0.25, -0.2) is 0 Å². The predicted molar refractivity (Wildman–Crippen MR) is 59.0 cm³/mol. The molecule has 1 aromatic carbocycles. The molecule has 1 heterocycles. The van der Waals surface area contributed by atoms with Gasteiger partial charge in [0.2, 0.25) is 0 Å². The lowest BCUT2D eigenvalue weighted by atomic mass is 10.2. The van der Waals surface area contributed by atoms with Gasteiger partial charge in [-0.15, -0.1) is 0 Å². The molecule has 72 valence electrons. The molecule has 0 unspecified atom stereocenters. The first kappa shape index (κ1) is 8.69. The first-order chi connectivity index (χ1) is 6.84. The molecule has 0 radical (unpaired) electrons. The number of hydrogen-bond acceptors (Lipinski definition) is 2. The van der Waals surface area contributed by atoms with Gasteiger partial charge in [0.05, 0.1) is 5.69 Å². The lowest BCUT2D eigenvalue weighted by Crippen LogP contribution is -1.98. The second kappa shape index (κ2) is 3.87. The van der Waals surface area contributed by atoms with E-state index in [1.807, 2.05) is 36.7 Å². The van der Waals surface area contributed by atoms with Crippen molar-refractivity contribution in [1.29, 1.82) is 0 Å². The van der Waals surface area contributed by atoms with Gasteiger partial charge >= 0.3 is 0 Å². The summed E-state index contributed by atoms with van der Waals surface area (Å²) in [5, 5.41) is 3.28. The Morgan fingerprint density at radius 3 is 2.93 bits per heavy atom. The number of nitrogen functional groups attached to an aromatic ring is 1. The molecule has 0 bridgehead atoms. The molecule has 2 aromatic rings. The zero-order valence-electron chi connectivity index (χ0n) is 7.83. The zero-order chi connectivity index (χ0) is 9.80. The topological polar surface area (TPSA) is 53.8 Å². The largest absolute Gasteiger partial charge is 0.399 e. The number of hydrogen-bond donors (Lipinski definition) is 3. The van der Waals surface area contributed by atoms with Gasteiger partial charge < -0.3 is 16.0 Å². The lowest BCUT2D eigenvalue weighted by Gasteiger charge is -2.04. The molecule has 0 fully saturated rings. The first-order valence-corrected chi connectivity index (χ1v) is 4.56. The highest BCUT2D eigenvalue weighted by molar-refractivity contribution is 5.44. The summed E-state index contributed by atoms with van der Waals surface area (Å²) < 4.78 is 0. The van der Waals surface area contributed by atoms with Crippen molar-refractivity contribution >= 4 is 11.4 Å². The van der Waals surface area contributed by atoms with Crippen LogP contribution in [0.25, 0.3) is 0 Å². The monoisotopic (exact) mass is 187 g/mol. The summed E-state index contributed by atoms with van der Waals surface area (Å²) in [7, 11) is 0. The van der Waals surface area contributed by atoms with Crippen molar-refractivity contribution in [3.05, 3.63) is 48.3 Å². The summed E-state index contributed by atoms with van der Waals surface area (Å²) in [5.41, 5.74) is 8.75. The van der Waals surface area contributed by atoms with Crippen LogP contribution >= 0.6 is 0 Å². The fourth-order valence-corrected chi connectivity index (χ4v) is 1.34. The van der Waals surface area contributed by atoms with Crippen LogP contribution in [-0.2, 0) is 6.54 Å². The van der Waals surface area contributed by atoms with Crippen LogP contribution in [0.2, 0.25) is 0 Å². The molecular weight excluding hydrogens is 174 g/mol. The molecule has 0 saturated heterocycles. The third-order valence-electron chi connectivity index (χ3n) is 2.05. The highest BCUT2D eigenvalue weighted by Crippen LogP contribution is 2.10. The Kier molecular flexibility index (Phi) is 2.40. The van der Waals surface area contributed by atoms with Crippen molar-refractivity contribution in [1.82, 2.24) is 4.98 Å². The average Bonchev–Trinajstić information content (AvgIpc) is 2.67. The molecule has 0 aliphatic rings. The van der Waals surface area contributed by atoms with Crippen LogP contribution in [0.5, 0.6) is 0 Å². The Morgan fingerprint density at radius 2 is 2.21 bits per heavy atom. The van der Waals surface area contributed by atoms with Crippen LogP contribution < -0.4 is 11.1 Å². The maximum absolute atomic E-state index is 5.67. The van der Waals surface area contributed by atoms with E-state index in [0.29, 0.717) is 0 Å². The molecule has 0 aliphatic carbocycles. The van der Waals surface area contributed by atoms with Crippen LogP contribution in [-0.4, -0.2) is 4.98 Å². The minimum absolute atomic E-state index is 0.795. The van der Waals surface area contributed by atoms with E-state index in [-0.39, 0.29) is 0 Å². The van der Waals surface area contributed by atoms with Gasteiger partial charge in [0, 0.05) is 24.6 Å². The number of H-pyrrole nitrogens is 1. The number of aromatic amines is 1. The summed E-state index contributed by atoms with van der Waals surface area (Å²) in [4.78, 5) is 2.99. The van der Waals surface area contributed by atoms with Crippen LogP contribution in [0.1, 0.15) is 5.56 Å². The van der Waals surface area contributed by atoms with Crippen molar-refractivity contribution < 1.29 is 0 Å². The Bertz CT molecular complexity index is 393.